The number of benzene rings is 1. The normalized spacial score (nSPS) is 12.7. The summed E-state index contributed by atoms with van der Waals surface area (Å²) in [5.74, 6) is 1.83. The zero-order valence-electron chi connectivity index (χ0n) is 12.5. The van der Waals surface area contributed by atoms with Crippen LogP contribution < -0.4 is 10.1 Å². The van der Waals surface area contributed by atoms with Crippen LogP contribution in [0.1, 0.15) is 44.2 Å². The van der Waals surface area contributed by atoms with Gasteiger partial charge in [0, 0.05) is 12.1 Å². The quantitative estimate of drug-likeness (QED) is 0.880. The first-order chi connectivity index (χ1) is 9.61. The maximum atomic E-state index is 5.17. The van der Waals surface area contributed by atoms with Crippen molar-refractivity contribution in [1.82, 2.24) is 20.1 Å². The van der Waals surface area contributed by atoms with E-state index in [1.54, 1.807) is 13.4 Å². The van der Waals surface area contributed by atoms with Crippen molar-refractivity contribution in [2.24, 2.45) is 0 Å². The molecule has 1 atom stereocenters. The minimum atomic E-state index is 0.248. The van der Waals surface area contributed by atoms with Gasteiger partial charge in [-0.3, -0.25) is 0 Å². The Morgan fingerprint density at radius 2 is 1.90 bits per heavy atom. The third kappa shape index (κ3) is 3.36. The van der Waals surface area contributed by atoms with E-state index >= 15 is 0 Å². The highest BCUT2D eigenvalue weighted by atomic mass is 16.5. The van der Waals surface area contributed by atoms with Crippen LogP contribution in [0, 0.1) is 0 Å². The van der Waals surface area contributed by atoms with E-state index in [1.807, 2.05) is 16.8 Å². The summed E-state index contributed by atoms with van der Waals surface area (Å²) in [5.41, 5.74) is 1.22. The van der Waals surface area contributed by atoms with Gasteiger partial charge in [-0.05, 0) is 38.5 Å². The average molecular weight is 274 g/mol. The molecule has 0 fully saturated rings. The Kier molecular flexibility index (Phi) is 4.74. The molecule has 5 heteroatoms. The molecule has 0 aliphatic carbocycles. The molecule has 2 aromatic rings. The number of rotatable bonds is 6. The third-order valence-electron chi connectivity index (χ3n) is 3.32. The molecule has 1 aromatic carbocycles. The molecule has 5 nitrogen and oxygen atoms in total. The van der Waals surface area contributed by atoms with Crippen molar-refractivity contribution < 1.29 is 4.74 Å². The lowest BCUT2D eigenvalue weighted by atomic mass is 10.1. The van der Waals surface area contributed by atoms with Crippen LogP contribution in [0.5, 0.6) is 5.75 Å². The van der Waals surface area contributed by atoms with Gasteiger partial charge in [-0.2, -0.15) is 5.10 Å². The predicted octanol–water partition coefficient (Wildman–Crippen LogP) is 2.72. The molecular weight excluding hydrogens is 252 g/mol. The fourth-order valence-electron chi connectivity index (χ4n) is 2.09. The first-order valence-corrected chi connectivity index (χ1v) is 6.87. The molecule has 2 rings (SSSR count). The number of aromatic nitrogens is 3. The number of hydrogen-bond acceptors (Lipinski definition) is 4. The molecule has 0 aliphatic heterocycles. The molecule has 0 spiro atoms. The maximum absolute atomic E-state index is 5.17. The maximum Gasteiger partial charge on any atom is 0.141 e. The van der Waals surface area contributed by atoms with Gasteiger partial charge in [0.2, 0.25) is 0 Å². The Balaban J connectivity index is 1.97. The first-order valence-electron chi connectivity index (χ1n) is 6.87. The number of nitrogens with zero attached hydrogens (tertiary/aromatic N) is 3. The third-order valence-corrected chi connectivity index (χ3v) is 3.32. The van der Waals surface area contributed by atoms with E-state index in [0.717, 1.165) is 11.6 Å². The van der Waals surface area contributed by atoms with Crippen LogP contribution >= 0.6 is 0 Å². The standard InChI is InChI=1S/C15H22N4O/c1-11(2)19-15(17-10-18-19)9-16-12(3)13-5-7-14(20-4)8-6-13/h5-8,10-12,16H,9H2,1-4H3/t12-/m1/s1. The van der Waals surface area contributed by atoms with E-state index in [2.05, 4.69) is 48.3 Å². The second-order valence-electron chi connectivity index (χ2n) is 5.09. The highest BCUT2D eigenvalue weighted by Gasteiger charge is 2.10. The van der Waals surface area contributed by atoms with Gasteiger partial charge in [-0.15, -0.1) is 0 Å². The van der Waals surface area contributed by atoms with Gasteiger partial charge in [-0.1, -0.05) is 12.1 Å². The first kappa shape index (κ1) is 14.5. The van der Waals surface area contributed by atoms with Crippen LogP contribution in [0.15, 0.2) is 30.6 Å². The molecule has 0 unspecified atom stereocenters. The summed E-state index contributed by atoms with van der Waals surface area (Å²) < 4.78 is 7.11. The molecule has 108 valence electrons. The van der Waals surface area contributed by atoms with Crippen molar-refractivity contribution in [2.75, 3.05) is 7.11 Å². The molecule has 0 bridgehead atoms. The molecule has 1 aromatic heterocycles. The van der Waals surface area contributed by atoms with Gasteiger partial charge in [0.05, 0.1) is 13.7 Å². The monoisotopic (exact) mass is 274 g/mol. The molecule has 0 radical (unpaired) electrons. The van der Waals surface area contributed by atoms with Gasteiger partial charge in [0.1, 0.15) is 17.9 Å². The highest BCUT2D eigenvalue weighted by Crippen LogP contribution is 2.17. The largest absolute Gasteiger partial charge is 0.497 e. The smallest absolute Gasteiger partial charge is 0.141 e. The molecular formula is C15H22N4O. The second kappa shape index (κ2) is 6.52. The minimum Gasteiger partial charge on any atom is -0.497 e. The highest BCUT2D eigenvalue weighted by molar-refractivity contribution is 5.28. The van der Waals surface area contributed by atoms with E-state index in [4.69, 9.17) is 4.74 Å². The van der Waals surface area contributed by atoms with Gasteiger partial charge in [-0.25, -0.2) is 9.67 Å². The van der Waals surface area contributed by atoms with E-state index in [-0.39, 0.29) is 6.04 Å². The fraction of sp³-hybridized carbons (Fsp3) is 0.467. The molecule has 0 saturated heterocycles. The van der Waals surface area contributed by atoms with Crippen LogP contribution in [0.2, 0.25) is 0 Å². The number of ether oxygens (including phenoxy) is 1. The number of methoxy groups -OCH3 is 1. The van der Waals surface area contributed by atoms with E-state index in [1.165, 1.54) is 5.56 Å². The molecule has 1 N–H and O–H groups in total. The average Bonchev–Trinajstić information content (AvgIpc) is 2.93. The lowest BCUT2D eigenvalue weighted by molar-refractivity contribution is 0.414. The van der Waals surface area contributed by atoms with Crippen LogP contribution in [0.4, 0.5) is 0 Å². The van der Waals surface area contributed by atoms with Gasteiger partial charge < -0.3 is 10.1 Å². The van der Waals surface area contributed by atoms with Crippen molar-refractivity contribution >= 4 is 0 Å². The van der Waals surface area contributed by atoms with Crippen molar-refractivity contribution in [2.45, 2.75) is 39.4 Å². The Hall–Kier alpha value is -1.88. The predicted molar refractivity (Wildman–Crippen MR) is 78.7 cm³/mol. The van der Waals surface area contributed by atoms with Gasteiger partial charge in [0.15, 0.2) is 0 Å². The van der Waals surface area contributed by atoms with Crippen molar-refractivity contribution in [3.8, 4) is 5.75 Å². The Morgan fingerprint density at radius 3 is 2.50 bits per heavy atom. The topological polar surface area (TPSA) is 52.0 Å². The zero-order chi connectivity index (χ0) is 14.5. The fourth-order valence-corrected chi connectivity index (χ4v) is 2.09. The summed E-state index contributed by atoms with van der Waals surface area (Å²) in [7, 11) is 1.68. The molecule has 20 heavy (non-hydrogen) atoms. The Labute approximate surface area is 120 Å². The second-order valence-corrected chi connectivity index (χ2v) is 5.09. The van der Waals surface area contributed by atoms with Crippen LogP contribution in [-0.2, 0) is 6.54 Å². The summed E-state index contributed by atoms with van der Waals surface area (Å²) >= 11 is 0. The molecule has 0 aliphatic rings. The van der Waals surface area contributed by atoms with Crippen LogP contribution in [-0.4, -0.2) is 21.9 Å². The summed E-state index contributed by atoms with van der Waals surface area (Å²) in [6, 6.07) is 8.67. The summed E-state index contributed by atoms with van der Waals surface area (Å²) in [6.45, 7) is 7.04. The van der Waals surface area contributed by atoms with Crippen LogP contribution in [0.25, 0.3) is 0 Å². The lowest BCUT2D eigenvalue weighted by Crippen LogP contribution is -2.21. The molecule has 0 amide bonds. The Morgan fingerprint density at radius 1 is 1.20 bits per heavy atom. The van der Waals surface area contributed by atoms with Crippen molar-refractivity contribution in [3.05, 3.63) is 42.0 Å². The van der Waals surface area contributed by atoms with Crippen molar-refractivity contribution in [1.29, 1.82) is 0 Å². The summed E-state index contributed by atoms with van der Waals surface area (Å²) in [5, 5.41) is 7.71. The SMILES string of the molecule is COc1ccc([C@@H](C)NCc2ncnn2C(C)C)cc1. The lowest BCUT2D eigenvalue weighted by Gasteiger charge is -2.15. The zero-order valence-corrected chi connectivity index (χ0v) is 12.5. The molecule has 0 saturated carbocycles. The van der Waals surface area contributed by atoms with E-state index in [9.17, 15) is 0 Å². The molecule has 1 heterocycles. The van der Waals surface area contributed by atoms with Crippen molar-refractivity contribution in [3.63, 3.8) is 0 Å². The number of nitrogens with one attached hydrogen (secondary N) is 1. The van der Waals surface area contributed by atoms with Gasteiger partial charge in [0.25, 0.3) is 0 Å². The summed E-state index contributed by atoms with van der Waals surface area (Å²) in [6.07, 6.45) is 1.61. The van der Waals surface area contributed by atoms with E-state index < -0.39 is 0 Å². The Bertz CT molecular complexity index is 533. The van der Waals surface area contributed by atoms with Gasteiger partial charge >= 0.3 is 0 Å². The minimum absolute atomic E-state index is 0.248. The van der Waals surface area contributed by atoms with E-state index in [0.29, 0.717) is 12.6 Å². The van der Waals surface area contributed by atoms with Crippen LogP contribution in [0.3, 0.4) is 0 Å². The number of hydrogen-bond donors (Lipinski definition) is 1. The summed E-state index contributed by atoms with van der Waals surface area (Å²) in [4.78, 5) is 4.30.